The van der Waals surface area contributed by atoms with Gasteiger partial charge in [0.1, 0.15) is 24.8 Å². The van der Waals surface area contributed by atoms with E-state index >= 15 is 0 Å². The van der Waals surface area contributed by atoms with Crippen LogP contribution in [0.2, 0.25) is 0 Å². The van der Waals surface area contributed by atoms with E-state index in [1.165, 1.54) is 22.9 Å². The SMILES string of the molecule is CCOc1cc(/C=C2/C(=N)N3C(c4ccccc4)=CSC3=NC2=O)cc(Br)c1OCCOc1ccc(C)c(C)c1. The molecule has 0 fully saturated rings. The molecule has 0 aromatic heterocycles. The lowest BCUT2D eigenvalue weighted by atomic mass is 10.1. The molecule has 1 N–H and O–H groups in total. The van der Waals surface area contributed by atoms with Crippen molar-refractivity contribution in [3.05, 3.63) is 98.4 Å². The van der Waals surface area contributed by atoms with E-state index in [0.29, 0.717) is 46.5 Å². The molecule has 0 saturated heterocycles. The van der Waals surface area contributed by atoms with Crippen molar-refractivity contribution < 1.29 is 19.0 Å². The van der Waals surface area contributed by atoms with Crippen LogP contribution >= 0.6 is 27.7 Å². The number of ether oxygens (including phenoxy) is 3. The number of benzene rings is 3. The van der Waals surface area contributed by atoms with E-state index in [-0.39, 0.29) is 11.4 Å². The summed E-state index contributed by atoms with van der Waals surface area (Å²) in [7, 11) is 0. The number of carbonyl (C=O) groups is 1. The Bertz CT molecular complexity index is 1570. The molecule has 3 aromatic rings. The number of nitrogens with zero attached hydrogens (tertiary/aromatic N) is 2. The molecular formula is C31H28BrN3O4S. The van der Waals surface area contributed by atoms with Crippen LogP contribution in [0.15, 0.2) is 81.1 Å². The lowest BCUT2D eigenvalue weighted by molar-refractivity contribution is -0.114. The quantitative estimate of drug-likeness (QED) is 0.201. The van der Waals surface area contributed by atoms with Crippen molar-refractivity contribution in [2.24, 2.45) is 4.99 Å². The van der Waals surface area contributed by atoms with Gasteiger partial charge in [-0.25, -0.2) is 0 Å². The summed E-state index contributed by atoms with van der Waals surface area (Å²) in [6, 6.07) is 19.4. The molecule has 204 valence electrons. The maximum atomic E-state index is 12.9. The topological polar surface area (TPSA) is 84.2 Å². The van der Waals surface area contributed by atoms with Crippen LogP contribution in [0.5, 0.6) is 17.2 Å². The summed E-state index contributed by atoms with van der Waals surface area (Å²) in [6.45, 7) is 7.12. The van der Waals surface area contributed by atoms with E-state index in [2.05, 4.69) is 34.8 Å². The van der Waals surface area contributed by atoms with Gasteiger partial charge in [-0.3, -0.25) is 15.1 Å². The summed E-state index contributed by atoms with van der Waals surface area (Å²) >= 11 is 4.94. The minimum Gasteiger partial charge on any atom is -0.490 e. The minimum absolute atomic E-state index is 0.0769. The Morgan fingerprint density at radius 3 is 2.52 bits per heavy atom. The summed E-state index contributed by atoms with van der Waals surface area (Å²) in [5, 5.41) is 11.3. The number of thioether (sulfide) groups is 1. The number of amidine groups is 2. The van der Waals surface area contributed by atoms with Crippen LogP contribution in [0, 0.1) is 19.3 Å². The van der Waals surface area contributed by atoms with Crippen LogP contribution in [0.25, 0.3) is 11.8 Å². The monoisotopic (exact) mass is 617 g/mol. The van der Waals surface area contributed by atoms with E-state index in [0.717, 1.165) is 17.0 Å². The molecule has 2 aliphatic rings. The van der Waals surface area contributed by atoms with E-state index in [9.17, 15) is 4.79 Å². The molecule has 0 bridgehead atoms. The molecule has 1 amide bonds. The van der Waals surface area contributed by atoms with Gasteiger partial charge in [-0.05, 0) is 89.3 Å². The lowest BCUT2D eigenvalue weighted by Gasteiger charge is -2.27. The number of rotatable bonds is 9. The summed E-state index contributed by atoms with van der Waals surface area (Å²) < 4.78 is 18.4. The Labute approximate surface area is 246 Å². The molecule has 9 heteroatoms. The molecule has 2 aliphatic heterocycles. The van der Waals surface area contributed by atoms with Crippen molar-refractivity contribution in [3.63, 3.8) is 0 Å². The van der Waals surface area contributed by atoms with Gasteiger partial charge < -0.3 is 14.2 Å². The van der Waals surface area contributed by atoms with E-state index in [4.69, 9.17) is 19.6 Å². The van der Waals surface area contributed by atoms with Gasteiger partial charge in [-0.1, -0.05) is 48.2 Å². The number of fused-ring (bicyclic) bond motifs is 1. The first-order chi connectivity index (χ1) is 19.4. The van der Waals surface area contributed by atoms with E-state index in [1.54, 1.807) is 17.0 Å². The zero-order chi connectivity index (χ0) is 28.2. The van der Waals surface area contributed by atoms with Crippen LogP contribution in [0.3, 0.4) is 0 Å². The Morgan fingerprint density at radius 2 is 1.77 bits per heavy atom. The highest BCUT2D eigenvalue weighted by molar-refractivity contribution is 9.10. The second-order valence-corrected chi connectivity index (χ2v) is 10.8. The highest BCUT2D eigenvalue weighted by atomic mass is 79.9. The van der Waals surface area contributed by atoms with Gasteiger partial charge in [-0.15, -0.1) is 0 Å². The molecule has 5 rings (SSSR count). The van der Waals surface area contributed by atoms with Crippen molar-refractivity contribution in [1.82, 2.24) is 4.90 Å². The predicted molar refractivity (Wildman–Crippen MR) is 164 cm³/mol. The second kappa shape index (κ2) is 12.1. The first kappa shape index (κ1) is 27.7. The predicted octanol–water partition coefficient (Wildman–Crippen LogP) is 7.23. The fourth-order valence-corrected chi connectivity index (χ4v) is 5.73. The summed E-state index contributed by atoms with van der Waals surface area (Å²) in [5.41, 5.74) is 5.02. The fraction of sp³-hybridized carbons (Fsp3) is 0.194. The number of nitrogens with one attached hydrogen (secondary N) is 1. The third-order valence-electron chi connectivity index (χ3n) is 6.40. The Morgan fingerprint density at radius 1 is 1.00 bits per heavy atom. The van der Waals surface area contributed by atoms with Crippen molar-refractivity contribution in [2.45, 2.75) is 20.8 Å². The molecule has 0 spiro atoms. The lowest BCUT2D eigenvalue weighted by Crippen LogP contribution is -2.38. The van der Waals surface area contributed by atoms with Crippen LogP contribution in [0.1, 0.15) is 29.2 Å². The first-order valence-electron chi connectivity index (χ1n) is 12.8. The zero-order valence-electron chi connectivity index (χ0n) is 22.4. The Balaban J connectivity index is 1.35. The molecular weight excluding hydrogens is 590 g/mol. The number of amides is 1. The molecule has 40 heavy (non-hydrogen) atoms. The van der Waals surface area contributed by atoms with Gasteiger partial charge in [0.05, 0.1) is 22.3 Å². The van der Waals surface area contributed by atoms with E-state index in [1.807, 2.05) is 66.9 Å². The third kappa shape index (κ3) is 5.85. The minimum atomic E-state index is -0.454. The van der Waals surface area contributed by atoms with Crippen molar-refractivity contribution in [1.29, 1.82) is 5.41 Å². The summed E-state index contributed by atoms with van der Waals surface area (Å²) in [5.74, 6) is 1.49. The van der Waals surface area contributed by atoms with Gasteiger partial charge in [0, 0.05) is 5.41 Å². The number of hydrogen-bond donors (Lipinski definition) is 1. The van der Waals surface area contributed by atoms with Gasteiger partial charge in [0.2, 0.25) is 0 Å². The molecule has 0 aliphatic carbocycles. The normalized spacial score (nSPS) is 15.6. The smallest absolute Gasteiger partial charge is 0.283 e. The largest absolute Gasteiger partial charge is 0.490 e. The summed E-state index contributed by atoms with van der Waals surface area (Å²) in [6.07, 6.45) is 1.66. The Kier molecular flexibility index (Phi) is 8.42. The summed E-state index contributed by atoms with van der Waals surface area (Å²) in [4.78, 5) is 18.9. The van der Waals surface area contributed by atoms with Crippen molar-refractivity contribution >= 4 is 56.4 Å². The molecule has 7 nitrogen and oxygen atoms in total. The van der Waals surface area contributed by atoms with Crippen LogP contribution in [-0.2, 0) is 4.79 Å². The zero-order valence-corrected chi connectivity index (χ0v) is 24.8. The maximum absolute atomic E-state index is 12.9. The molecule has 2 heterocycles. The number of halogens is 1. The van der Waals surface area contributed by atoms with Gasteiger partial charge in [0.15, 0.2) is 16.7 Å². The van der Waals surface area contributed by atoms with Gasteiger partial charge in [-0.2, -0.15) is 4.99 Å². The van der Waals surface area contributed by atoms with Crippen molar-refractivity contribution in [2.75, 3.05) is 19.8 Å². The maximum Gasteiger partial charge on any atom is 0.283 e. The van der Waals surface area contributed by atoms with Crippen LogP contribution in [-0.4, -0.2) is 41.6 Å². The average Bonchev–Trinajstić information content (AvgIpc) is 3.36. The van der Waals surface area contributed by atoms with Crippen LogP contribution in [0.4, 0.5) is 0 Å². The van der Waals surface area contributed by atoms with Gasteiger partial charge >= 0.3 is 0 Å². The molecule has 0 atom stereocenters. The average molecular weight is 619 g/mol. The molecule has 0 unspecified atom stereocenters. The standard InChI is InChI=1S/C31H28BrN3O4S/c1-4-37-27-17-21(16-25(32)28(27)39-13-12-38-23-11-10-19(2)20(3)14-23)15-24-29(33)35-26(22-8-6-5-7-9-22)18-40-31(35)34-30(24)36/h5-11,14-18,33H,4,12-13H2,1-3H3/b24-15-,33-29?. The number of aliphatic imine (C=N–C) groups is 1. The van der Waals surface area contributed by atoms with E-state index < -0.39 is 5.91 Å². The second-order valence-electron chi connectivity index (χ2n) is 9.13. The van der Waals surface area contributed by atoms with Crippen LogP contribution < -0.4 is 14.2 Å². The van der Waals surface area contributed by atoms with Gasteiger partial charge in [0.25, 0.3) is 5.91 Å². The molecule has 3 aromatic carbocycles. The molecule has 0 radical (unpaired) electrons. The Hall–Kier alpha value is -3.82. The fourth-order valence-electron chi connectivity index (χ4n) is 4.26. The highest BCUT2D eigenvalue weighted by Gasteiger charge is 2.36. The first-order valence-corrected chi connectivity index (χ1v) is 14.5. The highest BCUT2D eigenvalue weighted by Crippen LogP contribution is 2.40. The van der Waals surface area contributed by atoms with Crippen molar-refractivity contribution in [3.8, 4) is 17.2 Å². The number of aryl methyl sites for hydroxylation is 2. The number of hydrogen-bond acceptors (Lipinski definition) is 6. The third-order valence-corrected chi connectivity index (χ3v) is 7.82. The number of carbonyl (C=O) groups excluding carboxylic acids is 1. The molecule has 0 saturated carbocycles.